The van der Waals surface area contributed by atoms with Crippen LogP contribution in [-0.4, -0.2) is 37.8 Å². The van der Waals surface area contributed by atoms with Crippen molar-refractivity contribution in [3.8, 4) is 11.5 Å². The summed E-state index contributed by atoms with van der Waals surface area (Å²) in [6.07, 6.45) is 2.63. The number of rotatable bonds is 5. The Labute approximate surface area is 167 Å². The smallest absolute Gasteiger partial charge is 0.335 e. The number of hydroxylamine groups is 2. The number of aromatic carboxylic acids is 1. The largest absolute Gasteiger partial charge is 0.757 e. The van der Waals surface area contributed by atoms with Gasteiger partial charge < -0.3 is 20.1 Å². The Morgan fingerprint density at radius 1 is 1.24 bits per heavy atom. The van der Waals surface area contributed by atoms with Crippen molar-refractivity contribution in [1.29, 1.82) is 0 Å². The third-order valence-electron chi connectivity index (χ3n) is 4.06. The van der Waals surface area contributed by atoms with Crippen LogP contribution in [0.2, 0.25) is 0 Å². The van der Waals surface area contributed by atoms with Crippen molar-refractivity contribution in [2.45, 2.75) is 5.37 Å². The van der Waals surface area contributed by atoms with Crippen molar-refractivity contribution in [2.24, 2.45) is 9.98 Å². The third kappa shape index (κ3) is 3.68. The van der Waals surface area contributed by atoms with Crippen LogP contribution in [0.15, 0.2) is 64.3 Å². The number of hydrogen-bond donors (Lipinski definition) is 1. The lowest BCUT2D eigenvalue weighted by atomic mass is 10.2. The molecule has 0 bridgehead atoms. The highest BCUT2D eigenvalue weighted by molar-refractivity contribution is 8.15. The van der Waals surface area contributed by atoms with Gasteiger partial charge in [0.2, 0.25) is 5.75 Å². The number of ether oxygens (including phenoxy) is 1. The zero-order valence-electron chi connectivity index (χ0n) is 14.5. The van der Waals surface area contributed by atoms with Crippen molar-refractivity contribution in [2.75, 3.05) is 0 Å². The minimum atomic E-state index is -1.08. The van der Waals surface area contributed by atoms with Gasteiger partial charge >= 0.3 is 11.7 Å². The maximum atomic E-state index is 11.8. The van der Waals surface area contributed by atoms with Gasteiger partial charge in [-0.1, -0.05) is 11.8 Å². The van der Waals surface area contributed by atoms with E-state index in [-0.39, 0.29) is 22.7 Å². The van der Waals surface area contributed by atoms with Crippen LogP contribution in [0.1, 0.15) is 15.9 Å². The molecule has 4 rings (SSSR count). The summed E-state index contributed by atoms with van der Waals surface area (Å²) >= 11 is 1.18. The summed E-state index contributed by atoms with van der Waals surface area (Å²) in [5, 5.41) is 32.9. The summed E-state index contributed by atoms with van der Waals surface area (Å²) in [5.41, 5.74) is 0.737. The van der Waals surface area contributed by atoms with Gasteiger partial charge in [-0.3, -0.25) is 10.1 Å². The molecule has 0 aromatic heterocycles. The highest BCUT2D eigenvalue weighted by atomic mass is 32.2. The number of carbonyl (C=O) groups is 1. The van der Waals surface area contributed by atoms with E-state index in [1.165, 1.54) is 54.4 Å². The molecule has 1 atom stereocenters. The number of nitro groups is 1. The van der Waals surface area contributed by atoms with E-state index >= 15 is 0 Å². The number of aliphatic imine (C=N–C) groups is 2. The fourth-order valence-corrected chi connectivity index (χ4v) is 3.71. The summed E-state index contributed by atoms with van der Waals surface area (Å²) in [5.74, 6) is -0.830. The van der Waals surface area contributed by atoms with Crippen LogP contribution in [0.5, 0.6) is 11.5 Å². The first-order chi connectivity index (χ1) is 13.9. The average Bonchev–Trinajstić information content (AvgIpc) is 3.14. The molecule has 0 amide bonds. The lowest BCUT2D eigenvalue weighted by Gasteiger charge is -2.33. The van der Waals surface area contributed by atoms with E-state index in [1.807, 2.05) is 0 Å². The second-order valence-electron chi connectivity index (χ2n) is 5.94. The van der Waals surface area contributed by atoms with Gasteiger partial charge in [0.15, 0.2) is 0 Å². The van der Waals surface area contributed by atoms with E-state index in [9.17, 15) is 20.1 Å². The summed E-state index contributed by atoms with van der Waals surface area (Å²) in [6.45, 7) is 0. The van der Waals surface area contributed by atoms with Gasteiger partial charge in [-0.05, 0) is 36.4 Å². The summed E-state index contributed by atoms with van der Waals surface area (Å²) in [4.78, 5) is 30.0. The van der Waals surface area contributed by atoms with Gasteiger partial charge in [-0.15, -0.1) is 0 Å². The van der Waals surface area contributed by atoms with Gasteiger partial charge in [0.25, 0.3) is 0 Å². The summed E-state index contributed by atoms with van der Waals surface area (Å²) < 4.78 is 5.56. The molecular weight excluding hydrogens is 400 g/mol. The van der Waals surface area contributed by atoms with Crippen molar-refractivity contribution in [1.82, 2.24) is 5.06 Å². The van der Waals surface area contributed by atoms with Crippen LogP contribution in [-0.2, 0) is 0 Å². The van der Waals surface area contributed by atoms with Crippen molar-refractivity contribution >= 4 is 34.8 Å². The molecule has 0 spiro atoms. The first kappa shape index (κ1) is 18.7. The molecule has 0 aliphatic carbocycles. The Kier molecular flexibility index (Phi) is 4.74. The predicted molar refractivity (Wildman–Crippen MR) is 106 cm³/mol. The SMILES string of the molecule is O=C(O)c1ccc(Oc2ccc(C3=NC4=CN=CN([O-])C4S3)cc2[N+](=O)[O-])cc1. The summed E-state index contributed by atoms with van der Waals surface area (Å²) in [6, 6.07) is 9.87. The molecule has 10 nitrogen and oxygen atoms in total. The molecule has 0 saturated heterocycles. The van der Waals surface area contributed by atoms with E-state index in [4.69, 9.17) is 9.84 Å². The number of hydrogen-bond acceptors (Lipinski definition) is 9. The van der Waals surface area contributed by atoms with Gasteiger partial charge in [0.1, 0.15) is 16.2 Å². The monoisotopic (exact) mass is 411 g/mol. The molecule has 2 aromatic rings. The zero-order valence-corrected chi connectivity index (χ0v) is 15.3. The Morgan fingerprint density at radius 2 is 2.00 bits per heavy atom. The second kappa shape index (κ2) is 7.37. The van der Waals surface area contributed by atoms with Crippen LogP contribution in [0.25, 0.3) is 0 Å². The van der Waals surface area contributed by atoms with Gasteiger partial charge in [0.05, 0.1) is 28.7 Å². The van der Waals surface area contributed by atoms with Crippen LogP contribution in [0.3, 0.4) is 0 Å². The zero-order chi connectivity index (χ0) is 20.5. The molecule has 2 aromatic carbocycles. The number of thioether (sulfide) groups is 1. The third-order valence-corrected chi connectivity index (χ3v) is 5.28. The molecule has 11 heteroatoms. The van der Waals surface area contributed by atoms with Crippen molar-refractivity contribution in [3.05, 3.63) is 80.8 Å². The average molecular weight is 411 g/mol. The molecule has 1 unspecified atom stereocenters. The number of fused-ring (bicyclic) bond motifs is 1. The van der Waals surface area contributed by atoms with Gasteiger partial charge in [-0.2, -0.15) is 0 Å². The molecule has 2 aliphatic rings. The first-order valence-corrected chi connectivity index (χ1v) is 9.04. The van der Waals surface area contributed by atoms with Crippen molar-refractivity contribution < 1.29 is 19.6 Å². The quantitative estimate of drug-likeness (QED) is 0.581. The molecular formula is C18H11N4O6S-. The molecule has 2 heterocycles. The number of benzene rings is 2. The van der Waals surface area contributed by atoms with Gasteiger partial charge in [-0.25, -0.2) is 14.8 Å². The van der Waals surface area contributed by atoms with E-state index in [0.29, 0.717) is 21.4 Å². The highest BCUT2D eigenvalue weighted by Crippen LogP contribution is 2.39. The number of nitro benzene ring substituents is 1. The number of carboxylic acid groups (broad SMARTS) is 1. The number of nitrogens with zero attached hydrogens (tertiary/aromatic N) is 4. The minimum absolute atomic E-state index is 0.00385. The van der Waals surface area contributed by atoms with Gasteiger partial charge in [0, 0.05) is 11.6 Å². The van der Waals surface area contributed by atoms with Crippen LogP contribution in [0.4, 0.5) is 5.69 Å². The Hall–Kier alpha value is -3.70. The second-order valence-corrected chi connectivity index (χ2v) is 7.01. The Balaban J connectivity index is 1.62. The predicted octanol–water partition coefficient (Wildman–Crippen LogP) is 3.59. The minimum Gasteiger partial charge on any atom is -0.757 e. The Bertz CT molecular complexity index is 1100. The van der Waals surface area contributed by atoms with E-state index < -0.39 is 16.3 Å². The first-order valence-electron chi connectivity index (χ1n) is 8.16. The van der Waals surface area contributed by atoms with E-state index in [2.05, 4.69) is 9.98 Å². The van der Waals surface area contributed by atoms with Crippen molar-refractivity contribution in [3.63, 3.8) is 0 Å². The molecule has 29 heavy (non-hydrogen) atoms. The maximum Gasteiger partial charge on any atom is 0.335 e. The topological polar surface area (TPSA) is 141 Å². The normalized spacial score (nSPS) is 17.4. The molecule has 0 radical (unpaired) electrons. The Morgan fingerprint density at radius 3 is 2.66 bits per heavy atom. The fraction of sp³-hybridized carbons (Fsp3) is 0.0556. The summed E-state index contributed by atoms with van der Waals surface area (Å²) in [7, 11) is 0. The molecule has 0 saturated carbocycles. The molecule has 2 aliphatic heterocycles. The highest BCUT2D eigenvalue weighted by Gasteiger charge is 2.29. The lowest BCUT2D eigenvalue weighted by molar-refractivity contribution is -0.385. The lowest BCUT2D eigenvalue weighted by Crippen LogP contribution is -2.27. The fourth-order valence-electron chi connectivity index (χ4n) is 2.68. The van der Waals surface area contributed by atoms with E-state index in [0.717, 1.165) is 6.34 Å². The molecule has 146 valence electrons. The molecule has 1 N–H and O–H groups in total. The number of carboxylic acids is 1. The van der Waals surface area contributed by atoms with Crippen LogP contribution >= 0.6 is 11.8 Å². The standard InChI is InChI=1S/C18H11N4O6S/c23-18(24)10-1-4-12(5-2-10)28-15-6-3-11(7-14(15)22(26)27)16-20-13-8-19-9-21(25)17(13)29-16/h1-9,17H,(H,23,24)/q-1. The molecule has 0 fully saturated rings. The maximum absolute atomic E-state index is 11.8. The van der Waals surface area contributed by atoms with E-state index in [1.54, 1.807) is 6.07 Å². The van der Waals surface area contributed by atoms with Crippen LogP contribution in [0, 0.1) is 15.3 Å². The van der Waals surface area contributed by atoms with Crippen LogP contribution < -0.4 is 4.74 Å².